The van der Waals surface area contributed by atoms with Gasteiger partial charge in [-0.05, 0) is 31.0 Å². The number of aromatic amines is 1. The van der Waals surface area contributed by atoms with Gasteiger partial charge in [-0.25, -0.2) is 5.10 Å². The lowest BCUT2D eigenvalue weighted by atomic mass is 10.0. The summed E-state index contributed by atoms with van der Waals surface area (Å²) in [5, 5.41) is 6.23. The van der Waals surface area contributed by atoms with Crippen LogP contribution in [-0.2, 0) is 12.7 Å². The van der Waals surface area contributed by atoms with Crippen LogP contribution in [0.25, 0.3) is 0 Å². The van der Waals surface area contributed by atoms with Gasteiger partial charge in [0.1, 0.15) is 5.69 Å². The smallest absolute Gasteiger partial charge is 0.361 e. The molecule has 2 heterocycles. The van der Waals surface area contributed by atoms with Crippen molar-refractivity contribution in [3.05, 3.63) is 57.5 Å². The summed E-state index contributed by atoms with van der Waals surface area (Å²) >= 11 is 0. The fraction of sp³-hybridized carbons (Fsp3) is 0.444. The normalized spacial score (nSPS) is 19.0. The molecule has 1 N–H and O–H groups in total. The number of hydrogen-bond donors (Lipinski definition) is 1. The summed E-state index contributed by atoms with van der Waals surface area (Å²) in [6, 6.07) is 5.69. The van der Waals surface area contributed by atoms with Crippen molar-refractivity contribution in [3.8, 4) is 0 Å². The van der Waals surface area contributed by atoms with E-state index in [0.29, 0.717) is 25.3 Å². The molecule has 0 amide bonds. The van der Waals surface area contributed by atoms with Crippen molar-refractivity contribution in [2.24, 2.45) is 0 Å². The van der Waals surface area contributed by atoms with Gasteiger partial charge in [-0.2, -0.15) is 18.3 Å². The number of benzene rings is 1. The van der Waals surface area contributed by atoms with Crippen LogP contribution in [0.1, 0.15) is 23.6 Å². The van der Waals surface area contributed by atoms with Gasteiger partial charge in [-0.1, -0.05) is 18.2 Å². The van der Waals surface area contributed by atoms with Gasteiger partial charge in [-0.3, -0.25) is 9.69 Å². The molecule has 26 heavy (non-hydrogen) atoms. The van der Waals surface area contributed by atoms with Crippen LogP contribution in [0.4, 0.5) is 18.9 Å². The Morgan fingerprint density at radius 3 is 2.65 bits per heavy atom. The summed E-state index contributed by atoms with van der Waals surface area (Å²) < 4.78 is 39.5. The molecule has 140 valence electrons. The van der Waals surface area contributed by atoms with Gasteiger partial charge in [0, 0.05) is 32.2 Å². The molecule has 2 aromatic rings. The summed E-state index contributed by atoms with van der Waals surface area (Å²) in [6.07, 6.45) is -2.75. The minimum atomic E-state index is -4.36. The molecule has 1 aliphatic rings. The fourth-order valence-corrected chi connectivity index (χ4v) is 3.52. The van der Waals surface area contributed by atoms with Crippen LogP contribution < -0.4 is 10.5 Å². The fourth-order valence-electron chi connectivity index (χ4n) is 3.52. The lowest BCUT2D eigenvalue weighted by Gasteiger charge is -2.41. The third kappa shape index (κ3) is 3.75. The predicted molar refractivity (Wildman–Crippen MR) is 93.1 cm³/mol. The summed E-state index contributed by atoms with van der Waals surface area (Å²) in [6.45, 7) is 5.77. The molecule has 0 unspecified atom stereocenters. The zero-order valence-corrected chi connectivity index (χ0v) is 14.7. The third-order valence-electron chi connectivity index (χ3n) is 4.73. The SMILES string of the molecule is Cc1cn[nH]c(=O)c1N1CCN(Cc2ccccc2C(F)(F)F)C[C@H]1C. The zero-order valence-electron chi connectivity index (χ0n) is 14.7. The number of rotatable bonds is 3. The number of nitrogens with zero attached hydrogens (tertiary/aromatic N) is 3. The number of anilines is 1. The average Bonchev–Trinajstić information content (AvgIpc) is 2.56. The van der Waals surface area contributed by atoms with Crippen LogP contribution in [-0.4, -0.2) is 40.8 Å². The molecule has 1 atom stereocenters. The molecule has 3 rings (SSSR count). The first-order valence-corrected chi connectivity index (χ1v) is 8.45. The highest BCUT2D eigenvalue weighted by Gasteiger charge is 2.34. The summed E-state index contributed by atoms with van der Waals surface area (Å²) in [5.41, 5.74) is 0.821. The van der Waals surface area contributed by atoms with E-state index in [1.165, 1.54) is 12.1 Å². The van der Waals surface area contributed by atoms with Crippen molar-refractivity contribution in [2.75, 3.05) is 24.5 Å². The highest BCUT2D eigenvalue weighted by molar-refractivity contribution is 5.51. The van der Waals surface area contributed by atoms with Crippen molar-refractivity contribution in [2.45, 2.75) is 32.6 Å². The monoisotopic (exact) mass is 366 g/mol. The standard InChI is InChI=1S/C18H21F3N4O/c1-12-9-22-23-17(26)16(12)25-8-7-24(10-13(25)2)11-14-5-3-4-6-15(14)18(19,20)21/h3-6,9,13H,7-8,10-11H2,1-2H3,(H,23,26)/t13-/m1/s1. The van der Waals surface area contributed by atoms with Crippen molar-refractivity contribution in [3.63, 3.8) is 0 Å². The lowest BCUT2D eigenvalue weighted by molar-refractivity contribution is -0.138. The molecule has 1 aromatic carbocycles. The molecule has 0 radical (unpaired) electrons. The number of piperazine rings is 1. The molecule has 0 spiro atoms. The highest BCUT2D eigenvalue weighted by Crippen LogP contribution is 2.32. The van der Waals surface area contributed by atoms with Gasteiger partial charge in [0.25, 0.3) is 5.56 Å². The number of halogens is 3. The van der Waals surface area contributed by atoms with Crippen LogP contribution in [0.3, 0.4) is 0 Å². The Bertz CT molecular complexity index is 834. The minimum Gasteiger partial charge on any atom is -0.361 e. The summed E-state index contributed by atoms with van der Waals surface area (Å²) in [5.74, 6) is 0. The summed E-state index contributed by atoms with van der Waals surface area (Å²) in [7, 11) is 0. The molecule has 0 bridgehead atoms. The Morgan fingerprint density at radius 1 is 1.27 bits per heavy atom. The predicted octanol–water partition coefficient (Wildman–Crippen LogP) is 2.81. The molecule has 0 aliphatic carbocycles. The molecular weight excluding hydrogens is 345 g/mol. The van der Waals surface area contributed by atoms with E-state index in [0.717, 1.165) is 11.6 Å². The second-order valence-electron chi connectivity index (χ2n) is 6.66. The van der Waals surface area contributed by atoms with E-state index in [9.17, 15) is 18.0 Å². The van der Waals surface area contributed by atoms with E-state index >= 15 is 0 Å². The molecular formula is C18H21F3N4O. The van der Waals surface area contributed by atoms with Gasteiger partial charge >= 0.3 is 6.18 Å². The van der Waals surface area contributed by atoms with E-state index < -0.39 is 11.7 Å². The van der Waals surface area contributed by atoms with Crippen LogP contribution >= 0.6 is 0 Å². The first kappa shape index (κ1) is 18.4. The first-order valence-electron chi connectivity index (χ1n) is 8.45. The van der Waals surface area contributed by atoms with Gasteiger partial charge in [-0.15, -0.1) is 0 Å². The van der Waals surface area contributed by atoms with Crippen molar-refractivity contribution in [1.29, 1.82) is 0 Å². The number of aromatic nitrogens is 2. The maximum atomic E-state index is 13.2. The molecule has 5 nitrogen and oxygen atoms in total. The summed E-state index contributed by atoms with van der Waals surface area (Å²) in [4.78, 5) is 16.1. The second kappa shape index (κ2) is 7.11. The Morgan fingerprint density at radius 2 is 2.00 bits per heavy atom. The molecule has 8 heteroatoms. The van der Waals surface area contributed by atoms with Crippen molar-refractivity contribution in [1.82, 2.24) is 15.1 Å². The Labute approximate surface area is 149 Å². The quantitative estimate of drug-likeness (QED) is 0.908. The van der Waals surface area contributed by atoms with E-state index in [-0.39, 0.29) is 23.7 Å². The van der Waals surface area contributed by atoms with Gasteiger partial charge in [0.05, 0.1) is 11.8 Å². The second-order valence-corrected chi connectivity index (χ2v) is 6.66. The Hall–Kier alpha value is -2.35. The molecule has 0 saturated carbocycles. The van der Waals surface area contributed by atoms with Crippen molar-refractivity contribution < 1.29 is 13.2 Å². The van der Waals surface area contributed by atoms with Gasteiger partial charge in [0.15, 0.2) is 0 Å². The lowest BCUT2D eigenvalue weighted by Crippen LogP contribution is -2.53. The number of aryl methyl sites for hydroxylation is 1. The van der Waals surface area contributed by atoms with Crippen LogP contribution in [0.5, 0.6) is 0 Å². The van der Waals surface area contributed by atoms with E-state index in [2.05, 4.69) is 10.2 Å². The topological polar surface area (TPSA) is 52.2 Å². The molecule has 1 fully saturated rings. The molecule has 1 aliphatic heterocycles. The molecule has 1 saturated heterocycles. The number of nitrogens with one attached hydrogen (secondary N) is 1. The Kier molecular flexibility index (Phi) is 5.04. The van der Waals surface area contributed by atoms with Gasteiger partial charge < -0.3 is 4.90 Å². The highest BCUT2D eigenvalue weighted by atomic mass is 19.4. The third-order valence-corrected chi connectivity index (χ3v) is 4.73. The number of hydrogen-bond acceptors (Lipinski definition) is 4. The molecule has 1 aromatic heterocycles. The maximum absolute atomic E-state index is 13.2. The van der Waals surface area contributed by atoms with E-state index in [1.54, 1.807) is 12.3 Å². The number of alkyl halides is 3. The van der Waals surface area contributed by atoms with Crippen LogP contribution in [0.2, 0.25) is 0 Å². The average molecular weight is 366 g/mol. The Balaban J connectivity index is 1.75. The van der Waals surface area contributed by atoms with Gasteiger partial charge in [0.2, 0.25) is 0 Å². The van der Waals surface area contributed by atoms with E-state index in [4.69, 9.17) is 0 Å². The first-order chi connectivity index (χ1) is 12.3. The largest absolute Gasteiger partial charge is 0.416 e. The van der Waals surface area contributed by atoms with E-state index in [1.807, 2.05) is 23.6 Å². The maximum Gasteiger partial charge on any atom is 0.416 e. The minimum absolute atomic E-state index is 0.00370. The number of H-pyrrole nitrogens is 1. The zero-order chi connectivity index (χ0) is 18.9. The van der Waals surface area contributed by atoms with Crippen LogP contribution in [0.15, 0.2) is 35.3 Å². The van der Waals surface area contributed by atoms with Crippen molar-refractivity contribution >= 4 is 5.69 Å². The van der Waals surface area contributed by atoms with Crippen LogP contribution in [0, 0.1) is 6.92 Å².